The fraction of sp³-hybridized carbons (Fsp3) is 0.529. The molecule has 0 spiro atoms. The molecule has 0 saturated carbocycles. The van der Waals surface area contributed by atoms with E-state index < -0.39 is 11.4 Å². The smallest absolute Gasteiger partial charge is 0.115 e. The maximum Gasteiger partial charge on any atom is 0.115 e. The molecular weight excluding hydrogens is 344 g/mol. The molecule has 2 aliphatic heterocycles. The molecule has 1 fully saturated rings. The van der Waals surface area contributed by atoms with E-state index in [9.17, 15) is 4.55 Å². The van der Waals surface area contributed by atoms with Gasteiger partial charge in [-0.15, -0.1) is 4.31 Å². The molecule has 24 heavy (non-hydrogen) atoms. The lowest BCUT2D eigenvalue weighted by Gasteiger charge is -2.37. The van der Waals surface area contributed by atoms with Crippen LogP contribution in [0.5, 0.6) is 0 Å². The second-order valence-corrected chi connectivity index (χ2v) is 8.06. The van der Waals surface area contributed by atoms with Crippen LogP contribution in [0.2, 0.25) is 0 Å². The van der Waals surface area contributed by atoms with Crippen LogP contribution in [0.1, 0.15) is 31.4 Å². The van der Waals surface area contributed by atoms with Crippen molar-refractivity contribution in [2.24, 2.45) is 4.99 Å². The number of rotatable bonds is 3. The zero-order valence-electron chi connectivity index (χ0n) is 14.1. The maximum atomic E-state index is 11.6. The van der Waals surface area contributed by atoms with E-state index in [0.717, 1.165) is 61.0 Å². The van der Waals surface area contributed by atoms with Crippen molar-refractivity contribution in [3.8, 4) is 0 Å². The van der Waals surface area contributed by atoms with Gasteiger partial charge in [0.1, 0.15) is 17.8 Å². The minimum atomic E-state index is -0.908. The normalized spacial score (nSPS) is 21.2. The molecule has 0 aliphatic carbocycles. The molecule has 2 aliphatic rings. The summed E-state index contributed by atoms with van der Waals surface area (Å²) >= 11 is 5.49. The van der Waals surface area contributed by atoms with Crippen LogP contribution in [0, 0.1) is 0 Å². The lowest BCUT2D eigenvalue weighted by molar-refractivity contribution is 0.230. The van der Waals surface area contributed by atoms with E-state index in [-0.39, 0.29) is 0 Å². The highest BCUT2D eigenvalue weighted by molar-refractivity contribution is 7.88. The van der Waals surface area contributed by atoms with Crippen LogP contribution in [0.3, 0.4) is 0 Å². The minimum Gasteiger partial charge on any atom is -0.598 e. The maximum absolute atomic E-state index is 11.6. The van der Waals surface area contributed by atoms with Gasteiger partial charge < -0.3 is 9.45 Å². The Morgan fingerprint density at radius 1 is 1.29 bits per heavy atom. The van der Waals surface area contributed by atoms with Crippen molar-refractivity contribution >= 4 is 34.5 Å². The van der Waals surface area contributed by atoms with E-state index in [2.05, 4.69) is 9.88 Å². The van der Waals surface area contributed by atoms with Crippen LogP contribution < -0.4 is 0 Å². The van der Waals surface area contributed by atoms with E-state index in [1.165, 1.54) is 0 Å². The van der Waals surface area contributed by atoms with Crippen molar-refractivity contribution in [1.82, 2.24) is 14.2 Å². The third-order valence-corrected chi connectivity index (χ3v) is 6.20. The van der Waals surface area contributed by atoms with Crippen molar-refractivity contribution in [1.29, 1.82) is 0 Å². The summed E-state index contributed by atoms with van der Waals surface area (Å²) in [4.78, 5) is 11.5. The van der Waals surface area contributed by atoms with Gasteiger partial charge in [-0.05, 0) is 31.4 Å². The van der Waals surface area contributed by atoms with Gasteiger partial charge in [-0.1, -0.05) is 17.7 Å². The van der Waals surface area contributed by atoms with E-state index in [1.54, 1.807) is 12.5 Å². The van der Waals surface area contributed by atoms with Crippen LogP contribution in [-0.4, -0.2) is 57.0 Å². The number of hydrogen-bond acceptors (Lipinski definition) is 5. The van der Waals surface area contributed by atoms with Crippen LogP contribution >= 0.6 is 11.6 Å². The molecule has 3 rings (SSSR count). The van der Waals surface area contributed by atoms with Crippen LogP contribution in [0.15, 0.2) is 34.4 Å². The van der Waals surface area contributed by atoms with Crippen molar-refractivity contribution < 1.29 is 4.55 Å². The van der Waals surface area contributed by atoms with E-state index in [0.29, 0.717) is 6.04 Å². The van der Waals surface area contributed by atoms with Gasteiger partial charge in [-0.25, -0.2) is 4.99 Å². The zero-order chi connectivity index (χ0) is 17.1. The molecule has 3 heterocycles. The quantitative estimate of drug-likeness (QED) is 0.772. The number of nitrogens with zero attached hydrogens (tertiary/aromatic N) is 4. The second-order valence-electron chi connectivity index (χ2n) is 6.18. The van der Waals surface area contributed by atoms with Gasteiger partial charge >= 0.3 is 0 Å². The summed E-state index contributed by atoms with van der Waals surface area (Å²) in [6.45, 7) is 1.89. The van der Waals surface area contributed by atoms with Crippen LogP contribution in [-0.2, 0) is 11.4 Å². The van der Waals surface area contributed by atoms with Gasteiger partial charge in [0.25, 0.3) is 0 Å². The summed E-state index contributed by atoms with van der Waals surface area (Å²) in [5, 5.41) is 0.786. The molecule has 1 aromatic rings. The third-order valence-electron chi connectivity index (χ3n) is 4.72. The first-order chi connectivity index (χ1) is 11.6. The summed E-state index contributed by atoms with van der Waals surface area (Å²) in [5.41, 5.74) is 1.63. The molecule has 0 aromatic carbocycles. The largest absolute Gasteiger partial charge is 0.598 e. The van der Waals surface area contributed by atoms with Gasteiger partial charge in [0.05, 0.1) is 11.7 Å². The predicted molar refractivity (Wildman–Crippen MR) is 100 cm³/mol. The first-order valence-electron chi connectivity index (χ1n) is 8.25. The SMILES string of the molecule is CN(C1CCN(C2=NC(c3ccccn3)=C(Cl)CC2)CC1)[S+](C)[O-]. The standard InChI is InChI=1S/C17H23ClN4OS/c1-21(24(2)23)13-8-11-22(12-9-13)16-7-6-14(18)17(20-16)15-5-3-4-10-19-15/h3-5,10,13H,6-9,11-12H2,1-2H3. The Bertz CT molecular complexity index is 627. The van der Waals surface area contributed by atoms with Crippen molar-refractivity contribution in [2.75, 3.05) is 26.4 Å². The molecule has 1 saturated heterocycles. The second kappa shape index (κ2) is 7.87. The minimum absolute atomic E-state index is 0.380. The molecular formula is C17H23ClN4OS. The molecule has 1 unspecified atom stereocenters. The van der Waals surface area contributed by atoms with Gasteiger partial charge in [-0.3, -0.25) is 4.98 Å². The monoisotopic (exact) mass is 366 g/mol. The van der Waals surface area contributed by atoms with Crippen LogP contribution in [0.25, 0.3) is 5.70 Å². The predicted octanol–water partition coefficient (Wildman–Crippen LogP) is 2.87. The number of aromatic nitrogens is 1. The average Bonchev–Trinajstić information content (AvgIpc) is 2.62. The first-order valence-corrected chi connectivity index (χ1v) is 10.1. The molecule has 0 radical (unpaired) electrons. The zero-order valence-corrected chi connectivity index (χ0v) is 15.7. The number of halogens is 1. The fourth-order valence-electron chi connectivity index (χ4n) is 3.21. The molecule has 0 amide bonds. The molecule has 5 nitrogen and oxygen atoms in total. The van der Waals surface area contributed by atoms with Crippen molar-refractivity contribution in [3.05, 3.63) is 35.1 Å². The van der Waals surface area contributed by atoms with Crippen molar-refractivity contribution in [2.45, 2.75) is 31.7 Å². The molecule has 1 aromatic heterocycles. The average molecular weight is 367 g/mol. The highest BCUT2D eigenvalue weighted by atomic mass is 35.5. The molecule has 0 N–H and O–H groups in total. The van der Waals surface area contributed by atoms with E-state index in [1.807, 2.05) is 29.6 Å². The fourth-order valence-corrected chi connectivity index (χ4v) is 4.08. The summed E-state index contributed by atoms with van der Waals surface area (Å²) in [6.07, 6.45) is 7.20. The summed E-state index contributed by atoms with van der Waals surface area (Å²) in [7, 11) is 1.94. The molecule has 7 heteroatoms. The summed E-state index contributed by atoms with van der Waals surface area (Å²) in [5.74, 6) is 1.10. The first kappa shape index (κ1) is 17.7. The number of amidine groups is 1. The van der Waals surface area contributed by atoms with Gasteiger partial charge in [0.2, 0.25) is 0 Å². The van der Waals surface area contributed by atoms with Gasteiger partial charge in [0.15, 0.2) is 0 Å². The summed E-state index contributed by atoms with van der Waals surface area (Å²) < 4.78 is 13.6. The van der Waals surface area contributed by atoms with E-state index in [4.69, 9.17) is 16.6 Å². The Morgan fingerprint density at radius 3 is 2.67 bits per heavy atom. The molecule has 0 bridgehead atoms. The summed E-state index contributed by atoms with van der Waals surface area (Å²) in [6, 6.07) is 6.17. The Morgan fingerprint density at radius 2 is 2.04 bits per heavy atom. The highest BCUT2D eigenvalue weighted by Gasteiger charge is 2.29. The lowest BCUT2D eigenvalue weighted by atomic mass is 10.0. The van der Waals surface area contributed by atoms with E-state index >= 15 is 0 Å². The number of likely N-dealkylation sites (tertiary alicyclic amines) is 1. The van der Waals surface area contributed by atoms with Crippen molar-refractivity contribution in [3.63, 3.8) is 0 Å². The number of allylic oxidation sites excluding steroid dienone is 1. The Hall–Kier alpha value is -1.08. The molecule has 130 valence electrons. The van der Waals surface area contributed by atoms with Gasteiger partial charge in [0, 0.05) is 49.1 Å². The third kappa shape index (κ3) is 3.94. The Balaban J connectivity index is 1.70. The van der Waals surface area contributed by atoms with Gasteiger partial charge in [-0.2, -0.15) is 0 Å². The number of pyridine rings is 1. The number of hydrogen-bond donors (Lipinski definition) is 0. The Labute approximate surface area is 151 Å². The number of aliphatic imine (C=N–C) groups is 1. The lowest BCUT2D eigenvalue weighted by Crippen LogP contribution is -2.47. The highest BCUT2D eigenvalue weighted by Crippen LogP contribution is 2.31. The number of piperidine rings is 1. The topological polar surface area (TPSA) is 54.8 Å². The van der Waals surface area contributed by atoms with Crippen LogP contribution in [0.4, 0.5) is 0 Å². The molecule has 1 atom stereocenters. The Kier molecular flexibility index (Phi) is 5.81.